The summed E-state index contributed by atoms with van der Waals surface area (Å²) in [5.41, 5.74) is 2.03. The second-order valence-corrected chi connectivity index (χ2v) is 4.70. The Morgan fingerprint density at radius 2 is 2.19 bits per heavy atom. The van der Waals surface area contributed by atoms with Gasteiger partial charge in [-0.2, -0.15) is 0 Å². The molecule has 0 fully saturated rings. The van der Waals surface area contributed by atoms with E-state index in [1.165, 1.54) is 0 Å². The van der Waals surface area contributed by atoms with Crippen LogP contribution in [0.1, 0.15) is 19.7 Å². The van der Waals surface area contributed by atoms with E-state index < -0.39 is 0 Å². The summed E-state index contributed by atoms with van der Waals surface area (Å²) < 4.78 is 2.06. The van der Waals surface area contributed by atoms with Crippen LogP contribution < -0.4 is 5.32 Å². The molecule has 0 aliphatic carbocycles. The Balaban J connectivity index is 2.56. The molecule has 2 heterocycles. The fourth-order valence-corrected chi connectivity index (χ4v) is 2.02. The maximum absolute atomic E-state index is 6.10. The van der Waals surface area contributed by atoms with Crippen LogP contribution in [-0.2, 0) is 6.42 Å². The minimum Gasteiger partial charge on any atom is -0.387 e. The Hall–Kier alpha value is -1.22. The molecular formula is C12H16ClN3. The number of fused-ring (bicyclic) bond motifs is 1. The Morgan fingerprint density at radius 3 is 2.81 bits per heavy atom. The average molecular weight is 238 g/mol. The van der Waals surface area contributed by atoms with Gasteiger partial charge in [0, 0.05) is 19.7 Å². The number of hydrogen-bond donors (Lipinski definition) is 1. The molecule has 0 spiro atoms. The summed E-state index contributed by atoms with van der Waals surface area (Å²) in [7, 11) is 1.90. The summed E-state index contributed by atoms with van der Waals surface area (Å²) in [6, 6.07) is 3.99. The van der Waals surface area contributed by atoms with Gasteiger partial charge >= 0.3 is 0 Å². The molecule has 0 aliphatic heterocycles. The van der Waals surface area contributed by atoms with Gasteiger partial charge in [0.1, 0.15) is 5.82 Å². The van der Waals surface area contributed by atoms with Crippen LogP contribution in [0.2, 0.25) is 5.15 Å². The maximum Gasteiger partial charge on any atom is 0.155 e. The van der Waals surface area contributed by atoms with Crippen LogP contribution in [0.15, 0.2) is 18.3 Å². The number of halogens is 1. The molecule has 0 bridgehead atoms. The van der Waals surface area contributed by atoms with Crippen LogP contribution in [-0.4, -0.2) is 16.4 Å². The summed E-state index contributed by atoms with van der Waals surface area (Å²) in [5, 5.41) is 3.70. The van der Waals surface area contributed by atoms with E-state index in [0.717, 1.165) is 23.4 Å². The second kappa shape index (κ2) is 4.34. The number of aromatic nitrogens is 2. The van der Waals surface area contributed by atoms with Gasteiger partial charge < -0.3 is 9.72 Å². The highest BCUT2D eigenvalue weighted by Gasteiger charge is 2.10. The van der Waals surface area contributed by atoms with E-state index in [1.54, 1.807) is 0 Å². The monoisotopic (exact) mass is 237 g/mol. The number of rotatable bonds is 3. The molecule has 0 aromatic carbocycles. The van der Waals surface area contributed by atoms with Gasteiger partial charge in [0.2, 0.25) is 0 Å². The number of imidazole rings is 1. The van der Waals surface area contributed by atoms with Gasteiger partial charge in [-0.25, -0.2) is 4.98 Å². The van der Waals surface area contributed by atoms with Crippen molar-refractivity contribution in [2.45, 2.75) is 20.3 Å². The maximum atomic E-state index is 6.10. The topological polar surface area (TPSA) is 29.3 Å². The van der Waals surface area contributed by atoms with Gasteiger partial charge in [-0.3, -0.25) is 0 Å². The lowest BCUT2D eigenvalue weighted by Gasteiger charge is -2.06. The first kappa shape index (κ1) is 11.3. The summed E-state index contributed by atoms with van der Waals surface area (Å²) in [5.74, 6) is 1.59. The number of nitrogens with zero attached hydrogens (tertiary/aromatic N) is 2. The van der Waals surface area contributed by atoms with E-state index in [2.05, 4.69) is 28.5 Å². The zero-order valence-electron chi connectivity index (χ0n) is 9.79. The molecule has 3 nitrogen and oxygen atoms in total. The van der Waals surface area contributed by atoms with Crippen molar-refractivity contribution in [2.75, 3.05) is 12.4 Å². The molecule has 0 aliphatic rings. The highest BCUT2D eigenvalue weighted by atomic mass is 35.5. The van der Waals surface area contributed by atoms with Gasteiger partial charge in [0.25, 0.3) is 0 Å². The van der Waals surface area contributed by atoms with Gasteiger partial charge in [-0.1, -0.05) is 25.4 Å². The zero-order chi connectivity index (χ0) is 11.7. The van der Waals surface area contributed by atoms with E-state index in [9.17, 15) is 0 Å². The van der Waals surface area contributed by atoms with Crippen molar-refractivity contribution in [1.82, 2.24) is 9.38 Å². The summed E-state index contributed by atoms with van der Waals surface area (Å²) >= 11 is 6.10. The van der Waals surface area contributed by atoms with E-state index in [-0.39, 0.29) is 0 Å². The molecule has 0 amide bonds. The molecule has 4 heteroatoms. The van der Waals surface area contributed by atoms with Crippen molar-refractivity contribution in [2.24, 2.45) is 5.92 Å². The quantitative estimate of drug-likeness (QED) is 0.888. The van der Waals surface area contributed by atoms with Gasteiger partial charge in [-0.15, -0.1) is 0 Å². The van der Waals surface area contributed by atoms with Crippen LogP contribution in [0.5, 0.6) is 0 Å². The summed E-state index contributed by atoms with van der Waals surface area (Å²) in [4.78, 5) is 4.41. The number of pyridine rings is 1. The van der Waals surface area contributed by atoms with Crippen LogP contribution in [0.4, 0.5) is 5.69 Å². The van der Waals surface area contributed by atoms with Crippen LogP contribution in [0.3, 0.4) is 0 Å². The largest absolute Gasteiger partial charge is 0.387 e. The molecule has 2 rings (SSSR count). The first-order valence-electron chi connectivity index (χ1n) is 5.46. The van der Waals surface area contributed by atoms with Crippen LogP contribution in [0, 0.1) is 5.92 Å². The Bertz CT molecular complexity index is 502. The number of anilines is 1. The van der Waals surface area contributed by atoms with Crippen molar-refractivity contribution in [1.29, 1.82) is 0 Å². The molecule has 0 unspecified atom stereocenters. The van der Waals surface area contributed by atoms with Crippen molar-refractivity contribution in [3.05, 3.63) is 29.3 Å². The molecule has 0 radical (unpaired) electrons. The lowest BCUT2D eigenvalue weighted by atomic mass is 10.1. The molecular weight excluding hydrogens is 222 g/mol. The average Bonchev–Trinajstić information content (AvgIpc) is 2.54. The van der Waals surface area contributed by atoms with Gasteiger partial charge in [0.15, 0.2) is 5.15 Å². The van der Waals surface area contributed by atoms with E-state index in [4.69, 9.17) is 11.6 Å². The molecule has 2 aromatic rings. The fourth-order valence-electron chi connectivity index (χ4n) is 1.76. The Labute approximate surface area is 100 Å². The molecule has 0 saturated carbocycles. The van der Waals surface area contributed by atoms with E-state index in [1.807, 2.05) is 25.4 Å². The fraction of sp³-hybridized carbons (Fsp3) is 0.417. The number of hydrogen-bond acceptors (Lipinski definition) is 2. The highest BCUT2D eigenvalue weighted by Crippen LogP contribution is 2.22. The van der Waals surface area contributed by atoms with Gasteiger partial charge in [-0.05, 0) is 18.1 Å². The first-order chi connectivity index (χ1) is 7.61. The summed E-state index contributed by atoms with van der Waals surface area (Å²) in [6.07, 6.45) is 2.97. The van der Waals surface area contributed by atoms with Gasteiger partial charge in [0.05, 0.1) is 11.2 Å². The molecule has 86 valence electrons. The lowest BCUT2D eigenvalue weighted by Crippen LogP contribution is -2.01. The SMILES string of the molecule is CNc1ccc2c(Cl)nc(CC(C)C)n2c1. The van der Waals surface area contributed by atoms with E-state index in [0.29, 0.717) is 11.1 Å². The predicted octanol–water partition coefficient (Wildman–Crippen LogP) is 3.23. The normalized spacial score (nSPS) is 11.3. The zero-order valence-corrected chi connectivity index (χ0v) is 10.5. The Morgan fingerprint density at radius 1 is 1.44 bits per heavy atom. The van der Waals surface area contributed by atoms with Crippen molar-refractivity contribution in [3.63, 3.8) is 0 Å². The lowest BCUT2D eigenvalue weighted by molar-refractivity contribution is 0.619. The predicted molar refractivity (Wildman–Crippen MR) is 68.3 cm³/mol. The summed E-state index contributed by atoms with van der Waals surface area (Å²) in [6.45, 7) is 4.35. The molecule has 0 atom stereocenters. The van der Waals surface area contributed by atoms with Crippen molar-refractivity contribution >= 4 is 22.8 Å². The minimum absolute atomic E-state index is 0.569. The van der Waals surface area contributed by atoms with Crippen molar-refractivity contribution in [3.8, 4) is 0 Å². The molecule has 2 aromatic heterocycles. The van der Waals surface area contributed by atoms with Crippen LogP contribution in [0.25, 0.3) is 5.52 Å². The third-order valence-corrected chi connectivity index (χ3v) is 2.82. The standard InChI is InChI=1S/C12H16ClN3/c1-8(2)6-11-15-12(13)10-5-4-9(14-3)7-16(10)11/h4-5,7-8,14H,6H2,1-3H3. The smallest absolute Gasteiger partial charge is 0.155 e. The third kappa shape index (κ3) is 2.00. The first-order valence-corrected chi connectivity index (χ1v) is 5.84. The number of nitrogens with one attached hydrogen (secondary N) is 1. The molecule has 16 heavy (non-hydrogen) atoms. The van der Waals surface area contributed by atoms with Crippen LogP contribution >= 0.6 is 11.6 Å². The second-order valence-electron chi connectivity index (χ2n) is 4.34. The highest BCUT2D eigenvalue weighted by molar-refractivity contribution is 6.32. The minimum atomic E-state index is 0.569. The van der Waals surface area contributed by atoms with Crippen molar-refractivity contribution < 1.29 is 0 Å². The molecule has 0 saturated heterocycles. The molecule has 1 N–H and O–H groups in total. The van der Waals surface area contributed by atoms with E-state index >= 15 is 0 Å². The third-order valence-electron chi connectivity index (χ3n) is 2.54. The Kier molecular flexibility index (Phi) is 3.06.